The molecule has 120 valence electrons. The summed E-state index contributed by atoms with van der Waals surface area (Å²) in [5.41, 5.74) is 2.27. The highest BCUT2D eigenvalue weighted by Gasteiger charge is 2.07. The molecule has 0 bridgehead atoms. The van der Waals surface area contributed by atoms with E-state index in [2.05, 4.69) is 20.4 Å². The van der Waals surface area contributed by atoms with Crippen LogP contribution in [0.3, 0.4) is 0 Å². The van der Waals surface area contributed by atoms with Crippen LogP contribution in [0.25, 0.3) is 0 Å². The number of carbonyl (C=O) groups excluding carboxylic acids is 2. The summed E-state index contributed by atoms with van der Waals surface area (Å²) in [5.74, 6) is -0.164. The summed E-state index contributed by atoms with van der Waals surface area (Å²) in [5, 5.41) is 5.40. The van der Waals surface area contributed by atoms with Crippen LogP contribution in [0, 0.1) is 0 Å². The van der Waals surface area contributed by atoms with Gasteiger partial charge in [-0.25, -0.2) is 4.79 Å². The Bertz CT molecular complexity index is 659. The van der Waals surface area contributed by atoms with Crippen LogP contribution in [0.1, 0.15) is 21.6 Å². The van der Waals surface area contributed by atoms with Gasteiger partial charge >= 0.3 is 6.09 Å². The van der Waals surface area contributed by atoms with Gasteiger partial charge in [0.2, 0.25) is 0 Å². The molecule has 6 nitrogen and oxygen atoms in total. The molecule has 2 rings (SSSR count). The summed E-state index contributed by atoms with van der Waals surface area (Å²) in [6.07, 6.45) is 1.78. The second-order valence-electron chi connectivity index (χ2n) is 4.87. The Morgan fingerprint density at radius 3 is 2.65 bits per heavy atom. The third-order valence-corrected chi connectivity index (χ3v) is 3.22. The highest BCUT2D eigenvalue weighted by atomic mass is 16.5. The lowest BCUT2D eigenvalue weighted by atomic mass is 10.1. The lowest BCUT2D eigenvalue weighted by molar-refractivity contribution is 0.0954. The number of nitrogens with one attached hydrogen (secondary N) is 2. The number of aromatic nitrogens is 1. The van der Waals surface area contributed by atoms with Crippen molar-refractivity contribution in [1.29, 1.82) is 0 Å². The van der Waals surface area contributed by atoms with Gasteiger partial charge in [-0.15, -0.1) is 0 Å². The monoisotopic (exact) mass is 313 g/mol. The molecule has 0 spiro atoms. The Hall–Kier alpha value is -2.89. The number of amides is 2. The third-order valence-electron chi connectivity index (χ3n) is 3.22. The number of methoxy groups -OCH3 is 1. The second-order valence-corrected chi connectivity index (χ2v) is 4.87. The van der Waals surface area contributed by atoms with E-state index in [1.165, 1.54) is 12.7 Å². The molecule has 0 aliphatic carbocycles. The molecule has 1 heterocycles. The predicted octanol–water partition coefficient (Wildman–Crippen LogP) is 1.91. The normalized spacial score (nSPS) is 9.96. The van der Waals surface area contributed by atoms with E-state index >= 15 is 0 Å². The number of rotatable bonds is 6. The molecule has 0 fully saturated rings. The van der Waals surface area contributed by atoms with Gasteiger partial charge in [0.25, 0.3) is 5.91 Å². The van der Waals surface area contributed by atoms with Crippen LogP contribution < -0.4 is 10.6 Å². The Morgan fingerprint density at radius 2 is 1.91 bits per heavy atom. The van der Waals surface area contributed by atoms with Gasteiger partial charge in [-0.05, 0) is 24.1 Å². The summed E-state index contributed by atoms with van der Waals surface area (Å²) in [6.45, 7) is 0.763. The summed E-state index contributed by atoms with van der Waals surface area (Å²) in [6, 6.07) is 13.2. The van der Waals surface area contributed by atoms with Gasteiger partial charge in [-0.3, -0.25) is 9.78 Å². The zero-order valence-electron chi connectivity index (χ0n) is 12.9. The fourth-order valence-electron chi connectivity index (χ4n) is 2.02. The Morgan fingerprint density at radius 1 is 1.13 bits per heavy atom. The van der Waals surface area contributed by atoms with Crippen molar-refractivity contribution in [2.75, 3.05) is 13.7 Å². The molecule has 2 aromatic rings. The maximum absolute atomic E-state index is 12.1. The molecule has 2 N–H and O–H groups in total. The van der Waals surface area contributed by atoms with Crippen LogP contribution in [-0.2, 0) is 17.7 Å². The van der Waals surface area contributed by atoms with Crippen molar-refractivity contribution in [3.8, 4) is 0 Å². The highest BCUT2D eigenvalue weighted by molar-refractivity contribution is 5.94. The molecule has 2 amide bonds. The fourth-order valence-corrected chi connectivity index (χ4v) is 2.02. The molecule has 6 heteroatoms. The third kappa shape index (κ3) is 5.43. The first-order valence-corrected chi connectivity index (χ1v) is 7.28. The van der Waals surface area contributed by atoms with E-state index in [-0.39, 0.29) is 12.5 Å². The fraction of sp³-hybridized carbons (Fsp3) is 0.235. The van der Waals surface area contributed by atoms with Crippen LogP contribution in [0.15, 0.2) is 48.7 Å². The molecule has 0 aliphatic rings. The molecular weight excluding hydrogens is 294 g/mol. The largest absolute Gasteiger partial charge is 0.453 e. The minimum absolute atomic E-state index is 0.164. The van der Waals surface area contributed by atoms with Crippen molar-refractivity contribution >= 4 is 12.0 Å². The van der Waals surface area contributed by atoms with Crippen molar-refractivity contribution in [1.82, 2.24) is 15.6 Å². The van der Waals surface area contributed by atoms with E-state index in [1.807, 2.05) is 30.3 Å². The molecular formula is C17H19N3O3. The zero-order valence-corrected chi connectivity index (χ0v) is 12.9. The number of carbonyl (C=O) groups is 2. The molecule has 0 atom stereocenters. The van der Waals surface area contributed by atoms with Crippen molar-refractivity contribution < 1.29 is 14.3 Å². The number of alkyl carbamates (subject to hydrolysis) is 1. The maximum atomic E-state index is 12.1. The van der Waals surface area contributed by atoms with E-state index in [0.29, 0.717) is 17.8 Å². The van der Waals surface area contributed by atoms with Crippen LogP contribution in [0.4, 0.5) is 4.79 Å². The average molecular weight is 313 g/mol. The number of benzene rings is 1. The van der Waals surface area contributed by atoms with Crippen LogP contribution in [0.2, 0.25) is 0 Å². The van der Waals surface area contributed by atoms with Crippen molar-refractivity contribution in [2.45, 2.75) is 13.0 Å². The van der Waals surface area contributed by atoms with Crippen molar-refractivity contribution in [2.24, 2.45) is 0 Å². The van der Waals surface area contributed by atoms with E-state index in [1.54, 1.807) is 18.3 Å². The molecule has 0 unspecified atom stereocenters. The molecule has 0 radical (unpaired) electrons. The molecule has 1 aromatic carbocycles. The first kappa shape index (κ1) is 16.5. The number of pyridine rings is 1. The molecule has 0 saturated heterocycles. The SMILES string of the molecule is COC(=O)NCc1cc(C(=O)NCCc2ccccc2)ccn1. The lowest BCUT2D eigenvalue weighted by Crippen LogP contribution is -2.26. The second kappa shape index (κ2) is 8.53. The molecule has 1 aromatic heterocycles. The van der Waals surface area contributed by atoms with Crippen LogP contribution in [-0.4, -0.2) is 30.6 Å². The summed E-state index contributed by atoms with van der Waals surface area (Å²) >= 11 is 0. The van der Waals surface area contributed by atoms with Gasteiger partial charge in [-0.1, -0.05) is 30.3 Å². The number of hydrogen-bond acceptors (Lipinski definition) is 4. The zero-order chi connectivity index (χ0) is 16.5. The molecule has 23 heavy (non-hydrogen) atoms. The van der Waals surface area contributed by atoms with E-state index in [9.17, 15) is 9.59 Å². The standard InChI is InChI=1S/C17H19N3O3/c1-23-17(22)20-12-15-11-14(8-10-18-15)16(21)19-9-7-13-5-3-2-4-6-13/h2-6,8,10-11H,7,9,12H2,1H3,(H,19,21)(H,20,22). The predicted molar refractivity (Wildman–Crippen MR) is 86.0 cm³/mol. The quantitative estimate of drug-likeness (QED) is 0.853. The summed E-state index contributed by atoms with van der Waals surface area (Å²) in [7, 11) is 1.29. The molecule has 0 aliphatic heterocycles. The number of nitrogens with zero attached hydrogens (tertiary/aromatic N) is 1. The minimum Gasteiger partial charge on any atom is -0.453 e. The van der Waals surface area contributed by atoms with Crippen LogP contribution in [0.5, 0.6) is 0 Å². The van der Waals surface area contributed by atoms with Gasteiger partial charge in [-0.2, -0.15) is 0 Å². The van der Waals surface area contributed by atoms with Crippen molar-refractivity contribution in [3.05, 3.63) is 65.5 Å². The van der Waals surface area contributed by atoms with Gasteiger partial charge in [0.1, 0.15) is 0 Å². The van der Waals surface area contributed by atoms with Gasteiger partial charge < -0.3 is 15.4 Å². The van der Waals surface area contributed by atoms with Crippen LogP contribution >= 0.6 is 0 Å². The highest BCUT2D eigenvalue weighted by Crippen LogP contribution is 2.03. The Labute approximate surface area is 134 Å². The van der Waals surface area contributed by atoms with Gasteiger partial charge in [0.15, 0.2) is 0 Å². The lowest BCUT2D eigenvalue weighted by Gasteiger charge is -2.07. The minimum atomic E-state index is -0.537. The first-order valence-electron chi connectivity index (χ1n) is 7.28. The topological polar surface area (TPSA) is 80.3 Å². The Balaban J connectivity index is 1.85. The summed E-state index contributed by atoms with van der Waals surface area (Å²) < 4.78 is 4.49. The van der Waals surface area contributed by atoms with E-state index in [4.69, 9.17) is 0 Å². The maximum Gasteiger partial charge on any atom is 0.407 e. The van der Waals surface area contributed by atoms with Gasteiger partial charge in [0.05, 0.1) is 19.3 Å². The average Bonchev–Trinajstić information content (AvgIpc) is 2.60. The van der Waals surface area contributed by atoms with Gasteiger partial charge in [0, 0.05) is 18.3 Å². The summed E-state index contributed by atoms with van der Waals surface area (Å²) in [4.78, 5) is 27.3. The number of hydrogen-bond donors (Lipinski definition) is 2. The molecule has 0 saturated carbocycles. The van der Waals surface area contributed by atoms with Crippen molar-refractivity contribution in [3.63, 3.8) is 0 Å². The Kier molecular flexibility index (Phi) is 6.11. The van der Waals surface area contributed by atoms with E-state index in [0.717, 1.165) is 6.42 Å². The smallest absolute Gasteiger partial charge is 0.407 e. The van der Waals surface area contributed by atoms with E-state index < -0.39 is 6.09 Å². The first-order chi connectivity index (χ1) is 11.2. The number of ether oxygens (including phenoxy) is 1.